The van der Waals surface area contributed by atoms with Crippen molar-refractivity contribution in [3.05, 3.63) is 0 Å². The van der Waals surface area contributed by atoms with Crippen molar-refractivity contribution in [1.82, 2.24) is 4.90 Å². The second kappa shape index (κ2) is 5.96. The molecule has 3 atom stereocenters. The van der Waals surface area contributed by atoms with E-state index in [0.29, 0.717) is 6.61 Å². The van der Waals surface area contributed by atoms with E-state index < -0.39 is 10.8 Å². The molecule has 2 rings (SSSR count). The highest BCUT2D eigenvalue weighted by Crippen LogP contribution is 2.19. The average Bonchev–Trinajstić information content (AvgIpc) is 2.76. The second-order valence-corrected chi connectivity index (χ2v) is 6.53. The van der Waals surface area contributed by atoms with Gasteiger partial charge in [0.15, 0.2) is 0 Å². The molecule has 0 bridgehead atoms. The number of hydrogen-bond acceptors (Lipinski definition) is 3. The summed E-state index contributed by atoms with van der Waals surface area (Å²) in [6.07, 6.45) is 4.23. The van der Waals surface area contributed by atoms with Gasteiger partial charge in [-0.15, -0.1) is 0 Å². The molecular formula is C12H21NO3S. The van der Waals surface area contributed by atoms with Crippen molar-refractivity contribution in [3.63, 3.8) is 0 Å². The zero-order valence-electron chi connectivity index (χ0n) is 10.4. The molecule has 2 saturated heterocycles. The third-order valence-electron chi connectivity index (χ3n) is 3.62. The predicted octanol–water partition coefficient (Wildman–Crippen LogP) is 0.925. The van der Waals surface area contributed by atoms with Gasteiger partial charge in [0.05, 0.1) is 11.4 Å². The molecule has 17 heavy (non-hydrogen) atoms. The number of ether oxygens (including phenoxy) is 1. The fraction of sp³-hybridized carbons (Fsp3) is 0.917. The maximum absolute atomic E-state index is 12.1. The van der Waals surface area contributed by atoms with Crippen LogP contribution in [-0.4, -0.2) is 51.8 Å². The van der Waals surface area contributed by atoms with Gasteiger partial charge in [-0.05, 0) is 32.6 Å². The van der Waals surface area contributed by atoms with Crippen LogP contribution in [0.15, 0.2) is 0 Å². The summed E-state index contributed by atoms with van der Waals surface area (Å²) in [7, 11) is -1.07. The summed E-state index contributed by atoms with van der Waals surface area (Å²) in [6, 6.07) is 0. The predicted molar refractivity (Wildman–Crippen MR) is 67.3 cm³/mol. The van der Waals surface area contributed by atoms with E-state index in [2.05, 4.69) is 0 Å². The summed E-state index contributed by atoms with van der Waals surface area (Å²) in [5.41, 5.74) is 0. The molecule has 0 N–H and O–H groups in total. The van der Waals surface area contributed by atoms with E-state index in [1.165, 1.54) is 6.42 Å². The minimum Gasteiger partial charge on any atom is -0.377 e. The minimum atomic E-state index is -1.07. The Morgan fingerprint density at radius 2 is 2.06 bits per heavy atom. The maximum Gasteiger partial charge on any atom is 0.235 e. The number of nitrogens with zero attached hydrogens (tertiary/aromatic N) is 1. The van der Waals surface area contributed by atoms with E-state index >= 15 is 0 Å². The molecule has 2 aliphatic rings. The van der Waals surface area contributed by atoms with Crippen molar-refractivity contribution in [3.8, 4) is 0 Å². The van der Waals surface area contributed by atoms with E-state index in [1.807, 2.05) is 11.8 Å². The largest absolute Gasteiger partial charge is 0.377 e. The van der Waals surface area contributed by atoms with Gasteiger partial charge in [-0.1, -0.05) is 0 Å². The summed E-state index contributed by atoms with van der Waals surface area (Å²) < 4.78 is 17.5. The smallest absolute Gasteiger partial charge is 0.235 e. The lowest BCUT2D eigenvalue weighted by Crippen LogP contribution is -2.40. The SMILES string of the molecule is C[C@@H]1OCC[C@H]1[S@@](=O)CC(=O)N1CCCCC1. The van der Waals surface area contributed by atoms with Gasteiger partial charge in [-0.25, -0.2) is 0 Å². The number of rotatable bonds is 3. The Kier molecular flexibility index (Phi) is 4.56. The quantitative estimate of drug-likeness (QED) is 0.757. The molecule has 0 aromatic carbocycles. The Hall–Kier alpha value is -0.420. The van der Waals surface area contributed by atoms with Gasteiger partial charge in [0.1, 0.15) is 5.75 Å². The first-order chi connectivity index (χ1) is 8.18. The number of piperidine rings is 1. The van der Waals surface area contributed by atoms with Crippen molar-refractivity contribution in [2.45, 2.75) is 44.0 Å². The Balaban J connectivity index is 1.83. The van der Waals surface area contributed by atoms with Crippen molar-refractivity contribution in [1.29, 1.82) is 0 Å². The van der Waals surface area contributed by atoms with Crippen LogP contribution >= 0.6 is 0 Å². The van der Waals surface area contributed by atoms with Gasteiger partial charge in [0, 0.05) is 30.5 Å². The maximum atomic E-state index is 12.1. The summed E-state index contributed by atoms with van der Waals surface area (Å²) >= 11 is 0. The van der Waals surface area contributed by atoms with Crippen LogP contribution in [0.2, 0.25) is 0 Å². The van der Waals surface area contributed by atoms with Gasteiger partial charge < -0.3 is 9.64 Å². The monoisotopic (exact) mass is 259 g/mol. The van der Waals surface area contributed by atoms with E-state index in [0.717, 1.165) is 32.4 Å². The van der Waals surface area contributed by atoms with Crippen LogP contribution in [0.25, 0.3) is 0 Å². The van der Waals surface area contributed by atoms with E-state index in [1.54, 1.807) is 0 Å². The first-order valence-electron chi connectivity index (χ1n) is 6.45. The lowest BCUT2D eigenvalue weighted by Gasteiger charge is -2.27. The first kappa shape index (κ1) is 13.0. The Morgan fingerprint density at radius 3 is 2.65 bits per heavy atom. The third-order valence-corrected chi connectivity index (χ3v) is 5.44. The van der Waals surface area contributed by atoms with Crippen LogP contribution in [0.1, 0.15) is 32.6 Å². The zero-order chi connectivity index (χ0) is 12.3. The third kappa shape index (κ3) is 3.28. The van der Waals surface area contributed by atoms with Crippen LogP contribution in [0, 0.1) is 0 Å². The van der Waals surface area contributed by atoms with Crippen LogP contribution in [-0.2, 0) is 20.3 Å². The number of hydrogen-bond donors (Lipinski definition) is 0. The fourth-order valence-electron chi connectivity index (χ4n) is 2.52. The summed E-state index contributed by atoms with van der Waals surface area (Å²) in [4.78, 5) is 13.8. The van der Waals surface area contributed by atoms with Gasteiger partial charge >= 0.3 is 0 Å². The highest BCUT2D eigenvalue weighted by Gasteiger charge is 2.31. The summed E-state index contributed by atoms with van der Waals surface area (Å²) in [5.74, 6) is 0.236. The molecule has 0 aromatic rings. The lowest BCUT2D eigenvalue weighted by molar-refractivity contribution is -0.129. The van der Waals surface area contributed by atoms with Crippen molar-refractivity contribution < 1.29 is 13.7 Å². The molecule has 0 radical (unpaired) electrons. The van der Waals surface area contributed by atoms with Gasteiger partial charge in [0.25, 0.3) is 0 Å². The van der Waals surface area contributed by atoms with Crippen molar-refractivity contribution in [2.24, 2.45) is 0 Å². The summed E-state index contributed by atoms with van der Waals surface area (Å²) in [6.45, 7) is 4.30. The summed E-state index contributed by atoms with van der Waals surface area (Å²) in [5, 5.41) is 0.0451. The van der Waals surface area contributed by atoms with Crippen LogP contribution in [0.3, 0.4) is 0 Å². The topological polar surface area (TPSA) is 46.6 Å². The van der Waals surface area contributed by atoms with Gasteiger partial charge in [0.2, 0.25) is 5.91 Å². The normalized spacial score (nSPS) is 31.5. The van der Waals surface area contributed by atoms with Crippen LogP contribution in [0.4, 0.5) is 0 Å². The number of likely N-dealkylation sites (tertiary alicyclic amines) is 1. The molecule has 2 heterocycles. The van der Waals surface area contributed by atoms with Crippen molar-refractivity contribution in [2.75, 3.05) is 25.4 Å². The van der Waals surface area contributed by atoms with Crippen molar-refractivity contribution >= 4 is 16.7 Å². The Labute approximate surface area is 105 Å². The first-order valence-corrected chi connectivity index (χ1v) is 7.83. The highest BCUT2D eigenvalue weighted by molar-refractivity contribution is 7.86. The standard InChI is InChI=1S/C12H21NO3S/c1-10-11(5-8-16-10)17(15)9-12(14)13-6-3-2-4-7-13/h10-11H,2-9H2,1H3/t10-,11+,17-/m0/s1. The zero-order valence-corrected chi connectivity index (χ0v) is 11.2. The minimum absolute atomic E-state index is 0.0324. The molecule has 98 valence electrons. The second-order valence-electron chi connectivity index (χ2n) is 4.87. The molecule has 0 unspecified atom stereocenters. The van der Waals surface area contributed by atoms with E-state index in [4.69, 9.17) is 4.74 Å². The van der Waals surface area contributed by atoms with Gasteiger partial charge in [-0.3, -0.25) is 9.00 Å². The number of amides is 1. The fourth-order valence-corrected chi connectivity index (χ4v) is 4.03. The van der Waals surface area contributed by atoms with Crippen LogP contribution in [0.5, 0.6) is 0 Å². The molecule has 0 saturated carbocycles. The highest BCUT2D eigenvalue weighted by atomic mass is 32.2. The molecular weight excluding hydrogens is 238 g/mol. The molecule has 1 amide bonds. The molecule has 4 nitrogen and oxygen atoms in total. The lowest BCUT2D eigenvalue weighted by atomic mass is 10.1. The molecule has 0 aliphatic carbocycles. The average molecular weight is 259 g/mol. The van der Waals surface area contributed by atoms with E-state index in [-0.39, 0.29) is 23.0 Å². The van der Waals surface area contributed by atoms with Gasteiger partial charge in [-0.2, -0.15) is 0 Å². The molecule has 0 aromatic heterocycles. The van der Waals surface area contributed by atoms with E-state index in [9.17, 15) is 9.00 Å². The molecule has 2 fully saturated rings. The number of carbonyl (C=O) groups is 1. The molecule has 2 aliphatic heterocycles. The Morgan fingerprint density at radius 1 is 1.35 bits per heavy atom. The Bertz CT molecular complexity index is 302. The number of carbonyl (C=O) groups excluding carboxylic acids is 1. The molecule has 0 spiro atoms. The molecule has 5 heteroatoms. The van der Waals surface area contributed by atoms with Crippen LogP contribution < -0.4 is 0 Å².